The first-order valence-corrected chi connectivity index (χ1v) is 8.99. The molecule has 0 radical (unpaired) electrons. The number of para-hydroxylation sites is 1. The molecule has 1 amide bonds. The molecule has 1 aliphatic carbocycles. The molecule has 0 atom stereocenters. The zero-order chi connectivity index (χ0) is 18.3. The molecule has 1 aromatic heterocycles. The van der Waals surface area contributed by atoms with Crippen molar-refractivity contribution in [1.29, 1.82) is 0 Å². The summed E-state index contributed by atoms with van der Waals surface area (Å²) >= 11 is 0. The number of carbonyl (C=O) groups is 1. The maximum absolute atomic E-state index is 13.3. The minimum atomic E-state index is -4.48. The number of hydrogen-bond donors (Lipinski definition) is 0. The van der Waals surface area contributed by atoms with Crippen molar-refractivity contribution in [3.8, 4) is 0 Å². The number of aryl methyl sites for hydroxylation is 1. The Labute approximate surface area is 149 Å². The van der Waals surface area contributed by atoms with Crippen LogP contribution < -0.4 is 4.90 Å². The molecule has 26 heavy (non-hydrogen) atoms. The largest absolute Gasteiger partial charge is 0.435 e. The molecule has 0 saturated heterocycles. The fourth-order valence-corrected chi connectivity index (χ4v) is 4.04. The third-order valence-corrected chi connectivity index (χ3v) is 5.22. The zero-order valence-corrected chi connectivity index (χ0v) is 14.4. The van der Waals surface area contributed by atoms with Crippen molar-refractivity contribution in [2.45, 2.75) is 51.2 Å². The van der Waals surface area contributed by atoms with Gasteiger partial charge in [0.1, 0.15) is 6.54 Å². The van der Waals surface area contributed by atoms with E-state index in [0.717, 1.165) is 36.9 Å². The number of alkyl halides is 3. The van der Waals surface area contributed by atoms with Crippen molar-refractivity contribution in [2.24, 2.45) is 0 Å². The van der Waals surface area contributed by atoms with E-state index in [1.165, 1.54) is 4.68 Å². The van der Waals surface area contributed by atoms with E-state index >= 15 is 0 Å². The number of rotatable bonds is 2. The highest BCUT2D eigenvalue weighted by molar-refractivity contribution is 5.94. The Hall–Kier alpha value is -2.31. The van der Waals surface area contributed by atoms with Gasteiger partial charge in [0.05, 0.1) is 0 Å². The maximum Gasteiger partial charge on any atom is 0.435 e. The van der Waals surface area contributed by atoms with E-state index in [-0.39, 0.29) is 18.0 Å². The van der Waals surface area contributed by atoms with Gasteiger partial charge in [0.2, 0.25) is 5.91 Å². The van der Waals surface area contributed by atoms with Crippen LogP contribution in [0, 0.1) is 0 Å². The number of carbonyl (C=O) groups excluding carboxylic acids is 1. The van der Waals surface area contributed by atoms with Gasteiger partial charge >= 0.3 is 6.18 Å². The van der Waals surface area contributed by atoms with Crippen LogP contribution in [0.1, 0.15) is 41.8 Å². The van der Waals surface area contributed by atoms with Crippen LogP contribution in [0.5, 0.6) is 0 Å². The second-order valence-electron chi connectivity index (χ2n) is 6.91. The highest BCUT2D eigenvalue weighted by Gasteiger charge is 2.40. The Morgan fingerprint density at radius 1 is 1.08 bits per heavy atom. The monoisotopic (exact) mass is 363 g/mol. The molecule has 0 fully saturated rings. The average Bonchev–Trinajstić information content (AvgIpc) is 3.00. The van der Waals surface area contributed by atoms with Crippen LogP contribution in [0.25, 0.3) is 0 Å². The van der Waals surface area contributed by atoms with Gasteiger partial charge in [0.25, 0.3) is 0 Å². The van der Waals surface area contributed by atoms with E-state index in [9.17, 15) is 18.0 Å². The van der Waals surface area contributed by atoms with Crippen molar-refractivity contribution < 1.29 is 18.0 Å². The van der Waals surface area contributed by atoms with Crippen molar-refractivity contribution >= 4 is 11.6 Å². The van der Waals surface area contributed by atoms with E-state index in [4.69, 9.17) is 0 Å². The summed E-state index contributed by atoms with van der Waals surface area (Å²) in [6.45, 7) is 0.443. The summed E-state index contributed by atoms with van der Waals surface area (Å²) in [6, 6.07) is 7.70. The molecule has 2 aliphatic rings. The normalized spacial score (nSPS) is 17.0. The minimum absolute atomic E-state index is 0.146. The second kappa shape index (κ2) is 6.45. The quantitative estimate of drug-likeness (QED) is 0.815. The topological polar surface area (TPSA) is 38.1 Å². The molecule has 7 heteroatoms. The first-order chi connectivity index (χ1) is 12.4. The highest BCUT2D eigenvalue weighted by atomic mass is 19.4. The van der Waals surface area contributed by atoms with Gasteiger partial charge < -0.3 is 4.90 Å². The SMILES string of the molecule is O=C(Cn1nc(C(F)(F)F)c2c1CCCC2)N1CCCc2ccccc21. The van der Waals surface area contributed by atoms with Crippen LogP contribution in [0.2, 0.25) is 0 Å². The first-order valence-electron chi connectivity index (χ1n) is 8.99. The van der Waals surface area contributed by atoms with Gasteiger partial charge in [-0.15, -0.1) is 0 Å². The van der Waals surface area contributed by atoms with Crippen molar-refractivity contribution in [3.05, 3.63) is 46.8 Å². The number of aromatic nitrogens is 2. The molecule has 0 unspecified atom stereocenters. The molecular weight excluding hydrogens is 343 g/mol. The van der Waals surface area contributed by atoms with E-state index in [1.54, 1.807) is 4.90 Å². The summed E-state index contributed by atoms with van der Waals surface area (Å²) in [5.41, 5.74) is 1.99. The van der Waals surface area contributed by atoms with Crippen LogP contribution in [0.15, 0.2) is 24.3 Å². The van der Waals surface area contributed by atoms with Crippen LogP contribution in [-0.4, -0.2) is 22.2 Å². The molecule has 0 spiro atoms. The van der Waals surface area contributed by atoms with Crippen molar-refractivity contribution in [2.75, 3.05) is 11.4 Å². The number of nitrogens with zero attached hydrogens (tertiary/aromatic N) is 3. The average molecular weight is 363 g/mol. The van der Waals surface area contributed by atoms with E-state index < -0.39 is 11.9 Å². The number of amides is 1. The summed E-state index contributed by atoms with van der Waals surface area (Å²) in [5, 5.41) is 3.80. The Morgan fingerprint density at radius 2 is 1.85 bits per heavy atom. The lowest BCUT2D eigenvalue weighted by molar-refractivity contribution is -0.142. The van der Waals surface area contributed by atoms with Crippen LogP contribution in [-0.2, 0) is 36.8 Å². The molecule has 2 aromatic rings. The van der Waals surface area contributed by atoms with Crippen molar-refractivity contribution in [1.82, 2.24) is 9.78 Å². The summed E-state index contributed by atoms with van der Waals surface area (Å²) in [7, 11) is 0. The predicted molar refractivity (Wildman–Crippen MR) is 91.0 cm³/mol. The molecule has 2 heterocycles. The van der Waals surface area contributed by atoms with E-state index in [2.05, 4.69) is 5.10 Å². The van der Waals surface area contributed by atoms with Crippen LogP contribution >= 0.6 is 0 Å². The molecular formula is C19H20F3N3O. The van der Waals surface area contributed by atoms with Gasteiger partial charge in [0, 0.05) is 23.5 Å². The third-order valence-electron chi connectivity index (χ3n) is 5.22. The lowest BCUT2D eigenvalue weighted by atomic mass is 9.95. The summed E-state index contributed by atoms with van der Waals surface area (Å²) < 4.78 is 41.2. The Kier molecular flexibility index (Phi) is 4.25. The van der Waals surface area contributed by atoms with E-state index in [0.29, 0.717) is 25.1 Å². The number of fused-ring (bicyclic) bond motifs is 2. The van der Waals surface area contributed by atoms with Crippen molar-refractivity contribution in [3.63, 3.8) is 0 Å². The van der Waals surface area contributed by atoms with Gasteiger partial charge in [-0.3, -0.25) is 9.48 Å². The molecule has 0 saturated carbocycles. The fraction of sp³-hybridized carbons (Fsp3) is 0.474. The van der Waals surface area contributed by atoms with Gasteiger partial charge in [-0.25, -0.2) is 0 Å². The van der Waals surface area contributed by atoms with Gasteiger partial charge in [-0.1, -0.05) is 18.2 Å². The van der Waals surface area contributed by atoms with Gasteiger partial charge in [-0.05, 0) is 50.2 Å². The molecule has 1 aromatic carbocycles. The molecule has 0 bridgehead atoms. The molecule has 4 nitrogen and oxygen atoms in total. The number of hydrogen-bond acceptors (Lipinski definition) is 2. The summed E-state index contributed by atoms with van der Waals surface area (Å²) in [5.74, 6) is -0.207. The molecule has 4 rings (SSSR count). The second-order valence-corrected chi connectivity index (χ2v) is 6.91. The Bertz CT molecular complexity index is 841. The molecule has 1 aliphatic heterocycles. The minimum Gasteiger partial charge on any atom is -0.311 e. The molecule has 138 valence electrons. The molecule has 0 N–H and O–H groups in total. The predicted octanol–water partition coefficient (Wildman–Crippen LogP) is 3.76. The Balaban J connectivity index is 1.64. The standard InChI is InChI=1S/C19H20F3N3O/c20-19(21,22)18-14-8-2-4-10-16(14)25(23-18)12-17(26)24-11-5-7-13-6-1-3-9-15(13)24/h1,3,6,9H,2,4-5,7-8,10-12H2. The number of halogens is 3. The third kappa shape index (κ3) is 2.99. The van der Waals surface area contributed by atoms with Gasteiger partial charge in [-0.2, -0.15) is 18.3 Å². The highest BCUT2D eigenvalue weighted by Crippen LogP contribution is 2.36. The van der Waals surface area contributed by atoms with Crippen LogP contribution in [0.3, 0.4) is 0 Å². The number of anilines is 1. The number of benzene rings is 1. The smallest absolute Gasteiger partial charge is 0.311 e. The van der Waals surface area contributed by atoms with Gasteiger partial charge in [0.15, 0.2) is 5.69 Å². The van der Waals surface area contributed by atoms with E-state index in [1.807, 2.05) is 24.3 Å². The first kappa shape index (κ1) is 17.1. The lowest BCUT2D eigenvalue weighted by Crippen LogP contribution is -2.38. The zero-order valence-electron chi connectivity index (χ0n) is 14.4. The Morgan fingerprint density at radius 3 is 2.65 bits per heavy atom. The van der Waals surface area contributed by atoms with Crippen LogP contribution in [0.4, 0.5) is 18.9 Å². The summed E-state index contributed by atoms with van der Waals surface area (Å²) in [4.78, 5) is 14.5. The summed E-state index contributed by atoms with van der Waals surface area (Å²) in [6.07, 6.45) is -0.226. The maximum atomic E-state index is 13.3. The fourth-order valence-electron chi connectivity index (χ4n) is 4.04. The lowest BCUT2D eigenvalue weighted by Gasteiger charge is -2.29.